The molecule has 35 heavy (non-hydrogen) atoms. The molecule has 1 aliphatic rings. The number of rotatable bonds is 6. The van der Waals surface area contributed by atoms with Gasteiger partial charge in [0.2, 0.25) is 11.7 Å². The monoisotopic (exact) mass is 484 g/mol. The summed E-state index contributed by atoms with van der Waals surface area (Å²) in [5, 5.41) is 5.70. The molecule has 4 rings (SSSR count). The Morgan fingerprint density at radius 1 is 1.17 bits per heavy atom. The Morgan fingerprint density at radius 2 is 1.94 bits per heavy atom. The van der Waals surface area contributed by atoms with E-state index in [0.29, 0.717) is 47.3 Å². The summed E-state index contributed by atoms with van der Waals surface area (Å²) in [5.74, 6) is -2.81. The molecule has 0 fully saturated rings. The van der Waals surface area contributed by atoms with E-state index in [-0.39, 0.29) is 17.5 Å². The van der Waals surface area contributed by atoms with Crippen LogP contribution >= 0.6 is 0 Å². The van der Waals surface area contributed by atoms with Gasteiger partial charge in [0.25, 0.3) is 5.88 Å². The van der Waals surface area contributed by atoms with E-state index in [1.165, 1.54) is 13.1 Å². The van der Waals surface area contributed by atoms with Crippen LogP contribution in [0.4, 0.5) is 26.1 Å². The van der Waals surface area contributed by atoms with Crippen molar-refractivity contribution in [2.75, 3.05) is 17.2 Å². The van der Waals surface area contributed by atoms with Crippen molar-refractivity contribution in [1.82, 2.24) is 19.9 Å². The van der Waals surface area contributed by atoms with Crippen molar-refractivity contribution in [2.45, 2.75) is 52.6 Å². The van der Waals surface area contributed by atoms with Crippen molar-refractivity contribution in [3.8, 4) is 22.9 Å². The second-order valence-electron chi connectivity index (χ2n) is 8.88. The van der Waals surface area contributed by atoms with Gasteiger partial charge < -0.3 is 20.1 Å². The average molecular weight is 485 g/mol. The number of hydrogen-bond acceptors (Lipinski definition) is 8. The second-order valence-corrected chi connectivity index (χ2v) is 8.88. The third-order valence-electron chi connectivity index (χ3n) is 5.05. The lowest BCUT2D eigenvalue weighted by Crippen LogP contribution is -2.39. The molecule has 0 saturated carbocycles. The van der Waals surface area contributed by atoms with Crippen molar-refractivity contribution >= 4 is 23.2 Å². The van der Waals surface area contributed by atoms with Crippen LogP contribution < -0.4 is 20.1 Å². The Hall–Kier alpha value is -3.89. The predicted molar refractivity (Wildman–Crippen MR) is 126 cm³/mol. The molecule has 2 N–H and O–H groups in total. The molecule has 1 aliphatic heterocycles. The molecule has 0 radical (unpaired) electrons. The smallest absolute Gasteiger partial charge is 0.303 e. The van der Waals surface area contributed by atoms with Gasteiger partial charge in [-0.3, -0.25) is 4.79 Å². The quantitative estimate of drug-likeness (QED) is 0.510. The molecule has 0 saturated heterocycles. The molecule has 4 heterocycles. The lowest BCUT2D eigenvalue weighted by atomic mass is 10.1. The van der Waals surface area contributed by atoms with Crippen LogP contribution in [0, 0.1) is 0 Å². The molecule has 184 valence electrons. The number of ether oxygens (including phenoxy) is 2. The summed E-state index contributed by atoms with van der Waals surface area (Å²) >= 11 is 0. The van der Waals surface area contributed by atoms with Gasteiger partial charge in [-0.15, -0.1) is 0 Å². The maximum atomic E-state index is 14.0. The van der Waals surface area contributed by atoms with Gasteiger partial charge in [-0.1, -0.05) is 6.92 Å². The van der Waals surface area contributed by atoms with Gasteiger partial charge in [0, 0.05) is 43.4 Å². The highest BCUT2D eigenvalue weighted by atomic mass is 19.3. The largest absolute Gasteiger partial charge is 0.479 e. The first-order valence-electron chi connectivity index (χ1n) is 11.1. The van der Waals surface area contributed by atoms with Crippen LogP contribution in [0.5, 0.6) is 11.6 Å². The molecule has 0 unspecified atom stereocenters. The predicted octanol–water partition coefficient (Wildman–Crippen LogP) is 4.86. The highest BCUT2D eigenvalue weighted by Crippen LogP contribution is 2.38. The zero-order valence-corrected chi connectivity index (χ0v) is 20.1. The van der Waals surface area contributed by atoms with Gasteiger partial charge in [-0.25, -0.2) is 19.9 Å². The van der Waals surface area contributed by atoms with Gasteiger partial charge in [0.05, 0.1) is 11.4 Å². The second kappa shape index (κ2) is 9.05. The number of halogens is 2. The normalized spacial score (nSPS) is 14.4. The topological polar surface area (TPSA) is 111 Å². The van der Waals surface area contributed by atoms with E-state index in [2.05, 4.69) is 30.6 Å². The Bertz CT molecular complexity index is 1280. The third kappa shape index (κ3) is 5.61. The van der Waals surface area contributed by atoms with Gasteiger partial charge >= 0.3 is 5.92 Å². The lowest BCUT2D eigenvalue weighted by molar-refractivity contribution is -0.114. The fourth-order valence-electron chi connectivity index (χ4n) is 3.42. The number of pyridine rings is 2. The van der Waals surface area contributed by atoms with E-state index < -0.39 is 17.3 Å². The molecule has 3 aromatic heterocycles. The first-order valence-corrected chi connectivity index (χ1v) is 11.1. The SMILES string of the molecule is CCc1cc(Nc2cc(NC(C)=O)ncc2-c2ccc3c(n2)OCC(C)(C)O3)nc(C(C)(F)F)n1. The zero-order chi connectivity index (χ0) is 25.4. The van der Waals surface area contributed by atoms with Crippen molar-refractivity contribution < 1.29 is 23.0 Å². The van der Waals surface area contributed by atoms with Crippen LogP contribution in [-0.2, 0) is 17.1 Å². The number of aromatic nitrogens is 4. The number of carbonyl (C=O) groups excluding carboxylic acids is 1. The summed E-state index contributed by atoms with van der Waals surface area (Å²) in [6, 6.07) is 6.67. The number of nitrogens with one attached hydrogen (secondary N) is 2. The Kier molecular flexibility index (Phi) is 6.27. The van der Waals surface area contributed by atoms with Gasteiger partial charge in [0.1, 0.15) is 23.8 Å². The number of fused-ring (bicyclic) bond motifs is 1. The molecule has 0 aromatic carbocycles. The molecular formula is C24H26F2N6O3. The van der Waals surface area contributed by atoms with Crippen LogP contribution in [-0.4, -0.2) is 38.1 Å². The molecule has 3 aromatic rings. The molecular weight excluding hydrogens is 458 g/mol. The number of anilines is 3. The lowest BCUT2D eigenvalue weighted by Gasteiger charge is -2.31. The number of amides is 1. The van der Waals surface area contributed by atoms with E-state index in [0.717, 1.165) is 6.92 Å². The van der Waals surface area contributed by atoms with Crippen molar-refractivity contribution in [1.29, 1.82) is 0 Å². The van der Waals surface area contributed by atoms with Crippen molar-refractivity contribution in [2.24, 2.45) is 0 Å². The van der Waals surface area contributed by atoms with Gasteiger partial charge in [-0.2, -0.15) is 8.78 Å². The van der Waals surface area contributed by atoms with Crippen LogP contribution in [0.15, 0.2) is 30.5 Å². The maximum Gasteiger partial charge on any atom is 0.303 e. The zero-order valence-electron chi connectivity index (χ0n) is 20.1. The molecule has 0 atom stereocenters. The average Bonchev–Trinajstić information content (AvgIpc) is 2.77. The minimum absolute atomic E-state index is 0.175. The number of aryl methyl sites for hydroxylation is 1. The summed E-state index contributed by atoms with van der Waals surface area (Å²) in [7, 11) is 0. The van der Waals surface area contributed by atoms with Gasteiger partial charge in [-0.05, 0) is 32.4 Å². The third-order valence-corrected chi connectivity index (χ3v) is 5.05. The van der Waals surface area contributed by atoms with E-state index >= 15 is 0 Å². The van der Waals surface area contributed by atoms with Crippen LogP contribution in [0.1, 0.15) is 46.1 Å². The van der Waals surface area contributed by atoms with E-state index in [1.54, 1.807) is 24.3 Å². The highest BCUT2D eigenvalue weighted by molar-refractivity contribution is 5.89. The first-order chi connectivity index (χ1) is 16.4. The summed E-state index contributed by atoms with van der Waals surface area (Å²) in [4.78, 5) is 28.4. The summed E-state index contributed by atoms with van der Waals surface area (Å²) < 4.78 is 39.7. The van der Waals surface area contributed by atoms with Gasteiger partial charge in [0.15, 0.2) is 5.75 Å². The molecule has 0 spiro atoms. The van der Waals surface area contributed by atoms with Crippen molar-refractivity contribution in [3.05, 3.63) is 42.0 Å². The molecule has 11 heteroatoms. The molecule has 9 nitrogen and oxygen atoms in total. The van der Waals surface area contributed by atoms with Crippen LogP contribution in [0.3, 0.4) is 0 Å². The Morgan fingerprint density at radius 3 is 2.63 bits per heavy atom. The number of hydrogen-bond donors (Lipinski definition) is 2. The number of alkyl halides is 2. The Labute approximate surface area is 201 Å². The van der Waals surface area contributed by atoms with E-state index in [1.807, 2.05) is 20.8 Å². The van der Waals surface area contributed by atoms with Crippen LogP contribution in [0.25, 0.3) is 11.3 Å². The molecule has 0 aliphatic carbocycles. The number of carbonyl (C=O) groups is 1. The van der Waals surface area contributed by atoms with Crippen molar-refractivity contribution in [3.63, 3.8) is 0 Å². The highest BCUT2D eigenvalue weighted by Gasteiger charge is 2.30. The van der Waals surface area contributed by atoms with E-state index in [4.69, 9.17) is 9.47 Å². The summed E-state index contributed by atoms with van der Waals surface area (Å²) in [6.45, 7) is 8.08. The standard InChI is InChI=1S/C24H26F2N6O3/c1-6-14-9-20(32-22(29-14)24(5,25)26)30-17-10-19(28-13(2)33)27-11-15(17)16-7-8-18-21(31-16)34-12-23(3,4)35-18/h7-11H,6,12H2,1-5H3,(H2,27,28,29,30,32,33). The minimum Gasteiger partial charge on any atom is -0.479 e. The van der Waals surface area contributed by atoms with E-state index in [9.17, 15) is 13.6 Å². The maximum absolute atomic E-state index is 14.0. The first kappa shape index (κ1) is 24.2. The minimum atomic E-state index is -3.21. The molecule has 1 amide bonds. The molecule has 0 bridgehead atoms. The summed E-state index contributed by atoms with van der Waals surface area (Å²) in [6.07, 6.45) is 1.97. The fourth-order valence-corrected chi connectivity index (χ4v) is 3.42. The summed E-state index contributed by atoms with van der Waals surface area (Å²) in [5.41, 5.74) is 1.46. The number of nitrogens with zero attached hydrogens (tertiary/aromatic N) is 4. The van der Waals surface area contributed by atoms with Crippen LogP contribution in [0.2, 0.25) is 0 Å². The fraction of sp³-hybridized carbons (Fsp3) is 0.375. The Balaban J connectivity index is 1.78.